The van der Waals surface area contributed by atoms with Gasteiger partial charge in [-0.2, -0.15) is 0 Å². The summed E-state index contributed by atoms with van der Waals surface area (Å²) in [6.45, 7) is 7.53. The molecule has 3 nitrogen and oxygen atoms in total. The molecule has 6 rings (SSSR count). The normalized spacial score (nSPS) is 32.0. The Balaban J connectivity index is 0.00000218. The fourth-order valence-electron chi connectivity index (χ4n) is 6.88. The third kappa shape index (κ3) is 4.34. The molecule has 0 saturated heterocycles. The molecule has 0 unspecified atom stereocenters. The number of hydrogen-bond acceptors (Lipinski definition) is 3. The second kappa shape index (κ2) is 8.67. The van der Waals surface area contributed by atoms with E-state index in [1.54, 1.807) is 0 Å². The van der Waals surface area contributed by atoms with Gasteiger partial charge in [0.15, 0.2) is 0 Å². The Bertz CT molecular complexity index is 791. The van der Waals surface area contributed by atoms with E-state index in [0.29, 0.717) is 0 Å². The average molecular weight is 430 g/mol. The van der Waals surface area contributed by atoms with Crippen LogP contribution in [0.5, 0.6) is 5.75 Å². The molecular weight excluding hydrogens is 394 g/mol. The monoisotopic (exact) mass is 429 g/mol. The Kier molecular flexibility index (Phi) is 6.33. The summed E-state index contributed by atoms with van der Waals surface area (Å²) in [5, 5.41) is 0. The van der Waals surface area contributed by atoms with Gasteiger partial charge in [0.25, 0.3) is 0 Å². The maximum Gasteiger partial charge on any atom is 0.317 e. The molecule has 5 aliphatic rings. The summed E-state index contributed by atoms with van der Waals surface area (Å²) in [5.74, 6) is 3.14. The number of rotatable bonds is 4. The van der Waals surface area contributed by atoms with Gasteiger partial charge >= 0.3 is 5.97 Å². The quantitative estimate of drug-likeness (QED) is 0.354. The Morgan fingerprint density at radius 3 is 2.23 bits per heavy atom. The van der Waals surface area contributed by atoms with Crippen molar-refractivity contribution >= 4 is 18.4 Å². The van der Waals surface area contributed by atoms with Crippen LogP contribution < -0.4 is 4.74 Å². The first-order valence-corrected chi connectivity index (χ1v) is 11.7. The third-order valence-electron chi connectivity index (χ3n) is 8.01. The highest BCUT2D eigenvalue weighted by Gasteiger charge is 2.55. The molecule has 4 fully saturated rings. The first-order chi connectivity index (χ1) is 14.0. The molecule has 1 aliphatic heterocycles. The average Bonchev–Trinajstić information content (AvgIpc) is 2.87. The molecule has 4 saturated carbocycles. The van der Waals surface area contributed by atoms with Gasteiger partial charge < -0.3 is 4.74 Å². The Hall–Kier alpha value is -1.32. The minimum atomic E-state index is -0.178. The fraction of sp³-hybridized carbons (Fsp3) is 0.654. The minimum absolute atomic E-state index is 0. The Morgan fingerprint density at radius 1 is 1.03 bits per heavy atom. The molecule has 0 N–H and O–H groups in total. The maximum absolute atomic E-state index is 13.3. The van der Waals surface area contributed by atoms with Gasteiger partial charge in [0.05, 0.1) is 5.41 Å². The zero-order valence-corrected chi connectivity index (χ0v) is 19.3. The molecule has 0 amide bonds. The predicted molar refractivity (Wildman–Crippen MR) is 123 cm³/mol. The number of carbonyl (C=O) groups is 1. The molecule has 0 spiro atoms. The molecule has 1 aromatic carbocycles. The summed E-state index contributed by atoms with van der Waals surface area (Å²) in [4.78, 5) is 15.8. The van der Waals surface area contributed by atoms with Crippen LogP contribution in [0.25, 0.3) is 0 Å². The highest BCUT2D eigenvalue weighted by molar-refractivity contribution is 5.85. The van der Waals surface area contributed by atoms with Crippen LogP contribution in [0.4, 0.5) is 0 Å². The second-order valence-electron chi connectivity index (χ2n) is 10.6. The van der Waals surface area contributed by atoms with E-state index in [1.165, 1.54) is 36.0 Å². The summed E-state index contributed by atoms with van der Waals surface area (Å²) in [7, 11) is 0. The SMILES string of the molecule is CC(C)=CCN1CCc2ccc(OC(=O)C34CC5CC(CC(C5)C3)C4)cc2CC1.Cl. The van der Waals surface area contributed by atoms with E-state index in [4.69, 9.17) is 4.74 Å². The lowest BCUT2D eigenvalue weighted by molar-refractivity contribution is -0.161. The number of hydrogen-bond donors (Lipinski definition) is 0. The molecule has 0 atom stereocenters. The number of halogens is 1. The van der Waals surface area contributed by atoms with Crippen molar-refractivity contribution < 1.29 is 9.53 Å². The summed E-state index contributed by atoms with van der Waals surface area (Å²) >= 11 is 0. The molecular formula is C26H36ClNO2. The van der Waals surface area contributed by atoms with Crippen LogP contribution in [-0.4, -0.2) is 30.5 Å². The molecule has 4 heteroatoms. The molecule has 164 valence electrons. The number of carbonyl (C=O) groups excluding carboxylic acids is 1. The summed E-state index contributed by atoms with van der Waals surface area (Å²) in [6, 6.07) is 6.38. The minimum Gasteiger partial charge on any atom is -0.426 e. The van der Waals surface area contributed by atoms with Crippen LogP contribution in [0.2, 0.25) is 0 Å². The van der Waals surface area contributed by atoms with Crippen molar-refractivity contribution in [3.63, 3.8) is 0 Å². The number of ether oxygens (including phenoxy) is 1. The number of allylic oxidation sites excluding steroid dienone is 1. The third-order valence-corrected chi connectivity index (χ3v) is 8.01. The molecule has 1 heterocycles. The van der Waals surface area contributed by atoms with Crippen LogP contribution in [0.1, 0.15) is 63.5 Å². The summed E-state index contributed by atoms with van der Waals surface area (Å²) < 4.78 is 6.05. The molecule has 0 aromatic heterocycles. The Labute approximate surface area is 187 Å². The lowest BCUT2D eigenvalue weighted by atomic mass is 9.49. The van der Waals surface area contributed by atoms with Gasteiger partial charge in [0.2, 0.25) is 0 Å². The lowest BCUT2D eigenvalue weighted by Gasteiger charge is -2.55. The first-order valence-electron chi connectivity index (χ1n) is 11.7. The second-order valence-corrected chi connectivity index (χ2v) is 10.6. The number of esters is 1. The molecule has 4 bridgehead atoms. The molecule has 1 aromatic rings. The van der Waals surface area contributed by atoms with Gasteiger partial charge in [-0.05, 0) is 106 Å². The van der Waals surface area contributed by atoms with Gasteiger partial charge in [-0.25, -0.2) is 0 Å². The van der Waals surface area contributed by atoms with E-state index in [1.807, 2.05) is 6.07 Å². The van der Waals surface area contributed by atoms with Crippen molar-refractivity contribution in [1.82, 2.24) is 4.90 Å². The molecule has 30 heavy (non-hydrogen) atoms. The number of benzene rings is 1. The van der Waals surface area contributed by atoms with Gasteiger partial charge in [0.1, 0.15) is 5.75 Å². The Morgan fingerprint density at radius 2 is 1.63 bits per heavy atom. The number of fused-ring (bicyclic) bond motifs is 1. The molecule has 4 aliphatic carbocycles. The van der Waals surface area contributed by atoms with Crippen LogP contribution in [0.3, 0.4) is 0 Å². The standard InChI is InChI=1S/C26H35NO2.ClH/c1-18(2)5-8-27-9-6-22-3-4-24(14-23(22)7-10-27)29-25(28)26-15-19-11-20(16-26)13-21(12-19)17-26;/h3-5,14,19-21H,6-13,15-17H2,1-2H3;1H. The van der Waals surface area contributed by atoms with Gasteiger partial charge in [-0.15, -0.1) is 12.4 Å². The summed E-state index contributed by atoms with van der Waals surface area (Å²) in [5.41, 5.74) is 3.98. The highest BCUT2D eigenvalue weighted by Crippen LogP contribution is 2.60. The van der Waals surface area contributed by atoms with E-state index < -0.39 is 0 Å². The van der Waals surface area contributed by atoms with Crippen LogP contribution in [-0.2, 0) is 17.6 Å². The van der Waals surface area contributed by atoms with E-state index in [-0.39, 0.29) is 23.8 Å². The van der Waals surface area contributed by atoms with Crippen molar-refractivity contribution in [2.45, 2.75) is 65.2 Å². The van der Waals surface area contributed by atoms with E-state index >= 15 is 0 Å². The topological polar surface area (TPSA) is 29.5 Å². The number of nitrogens with zero attached hydrogens (tertiary/aromatic N) is 1. The van der Waals surface area contributed by atoms with E-state index in [2.05, 4.69) is 37.0 Å². The molecule has 0 radical (unpaired) electrons. The van der Waals surface area contributed by atoms with Crippen molar-refractivity contribution in [2.24, 2.45) is 23.2 Å². The van der Waals surface area contributed by atoms with Crippen LogP contribution >= 0.6 is 12.4 Å². The van der Waals surface area contributed by atoms with Crippen molar-refractivity contribution in [3.8, 4) is 5.75 Å². The zero-order chi connectivity index (χ0) is 20.0. The fourth-order valence-corrected chi connectivity index (χ4v) is 6.88. The van der Waals surface area contributed by atoms with Crippen LogP contribution in [0.15, 0.2) is 29.8 Å². The van der Waals surface area contributed by atoms with E-state index in [9.17, 15) is 4.79 Å². The summed E-state index contributed by atoms with van der Waals surface area (Å²) in [6.07, 6.45) is 11.7. The smallest absolute Gasteiger partial charge is 0.317 e. The lowest BCUT2D eigenvalue weighted by Crippen LogP contribution is -2.51. The van der Waals surface area contributed by atoms with Crippen molar-refractivity contribution in [1.29, 1.82) is 0 Å². The maximum atomic E-state index is 13.3. The predicted octanol–water partition coefficient (Wildman–Crippen LogP) is 5.60. The zero-order valence-electron chi connectivity index (χ0n) is 18.5. The van der Waals surface area contributed by atoms with Crippen LogP contribution in [0, 0.1) is 23.2 Å². The van der Waals surface area contributed by atoms with Crippen molar-refractivity contribution in [2.75, 3.05) is 19.6 Å². The van der Waals surface area contributed by atoms with Gasteiger partial charge in [-0.3, -0.25) is 9.69 Å². The van der Waals surface area contributed by atoms with E-state index in [0.717, 1.165) is 75.2 Å². The van der Waals surface area contributed by atoms with Gasteiger partial charge in [-0.1, -0.05) is 17.7 Å². The van der Waals surface area contributed by atoms with Crippen molar-refractivity contribution in [3.05, 3.63) is 41.0 Å². The van der Waals surface area contributed by atoms with Gasteiger partial charge in [0, 0.05) is 19.6 Å². The first kappa shape index (κ1) is 21.9. The largest absolute Gasteiger partial charge is 0.426 e. The highest BCUT2D eigenvalue weighted by atomic mass is 35.5.